The van der Waals surface area contributed by atoms with Crippen molar-refractivity contribution < 1.29 is 35.5 Å². The number of halogens is 3. The summed E-state index contributed by atoms with van der Waals surface area (Å²) in [4.78, 5) is 13.5. The Labute approximate surface area is 159 Å². The van der Waals surface area contributed by atoms with Crippen molar-refractivity contribution in [3.05, 3.63) is 48.4 Å². The van der Waals surface area contributed by atoms with Crippen LogP contribution in [0.2, 0.25) is 0 Å². The Kier molecular flexibility index (Phi) is 5.66. The highest BCUT2D eigenvalue weighted by molar-refractivity contribution is 7.89. The zero-order chi connectivity index (χ0) is 20.4. The maximum atomic E-state index is 12.5. The van der Waals surface area contributed by atoms with Crippen LogP contribution in [0.25, 0.3) is 0 Å². The van der Waals surface area contributed by atoms with Gasteiger partial charge in [0.15, 0.2) is 0 Å². The van der Waals surface area contributed by atoms with Crippen LogP contribution in [-0.4, -0.2) is 44.7 Å². The second-order valence-electron chi connectivity index (χ2n) is 6.22. The number of nitrogens with zero attached hydrogens (tertiary/aromatic N) is 1. The molecule has 1 saturated heterocycles. The normalized spacial score (nSPS) is 16.2. The maximum absolute atomic E-state index is 12.5. The molecule has 1 aliphatic heterocycles. The number of hydrogen-bond donors (Lipinski definition) is 1. The van der Waals surface area contributed by atoms with Gasteiger partial charge >= 0.3 is 6.36 Å². The number of alkyl halides is 3. The number of hydrogen-bond acceptors (Lipinski definition) is 5. The fourth-order valence-electron chi connectivity index (χ4n) is 2.90. The van der Waals surface area contributed by atoms with Crippen molar-refractivity contribution in [2.45, 2.75) is 30.1 Å². The van der Waals surface area contributed by atoms with Crippen LogP contribution in [0, 0.1) is 0 Å². The average Bonchev–Trinajstić information content (AvgIpc) is 3.15. The summed E-state index contributed by atoms with van der Waals surface area (Å²) in [7, 11) is -4.03. The van der Waals surface area contributed by atoms with E-state index in [1.165, 1.54) is 24.7 Å². The Hall–Kier alpha value is -2.53. The van der Waals surface area contributed by atoms with Gasteiger partial charge in [-0.05, 0) is 31.0 Å². The van der Waals surface area contributed by atoms with Gasteiger partial charge in [0.1, 0.15) is 12.0 Å². The van der Waals surface area contributed by atoms with Crippen molar-refractivity contribution in [3.63, 3.8) is 0 Å². The molecule has 1 aromatic carbocycles. The average molecular weight is 418 g/mol. The van der Waals surface area contributed by atoms with E-state index in [0.717, 1.165) is 12.1 Å². The molecule has 0 bridgehead atoms. The number of amides is 1. The molecule has 0 atom stereocenters. The third-order valence-corrected chi connectivity index (χ3v) is 5.74. The third kappa shape index (κ3) is 5.04. The third-order valence-electron chi connectivity index (χ3n) is 4.22. The lowest BCUT2D eigenvalue weighted by Crippen LogP contribution is -2.46. The number of sulfonamides is 1. The Morgan fingerprint density at radius 2 is 1.93 bits per heavy atom. The van der Waals surface area contributed by atoms with E-state index >= 15 is 0 Å². The van der Waals surface area contributed by atoms with E-state index in [4.69, 9.17) is 4.42 Å². The molecule has 1 aliphatic rings. The van der Waals surface area contributed by atoms with E-state index in [-0.39, 0.29) is 10.8 Å². The minimum Gasteiger partial charge on any atom is -0.472 e. The van der Waals surface area contributed by atoms with Crippen LogP contribution in [0.5, 0.6) is 5.75 Å². The van der Waals surface area contributed by atoms with Gasteiger partial charge in [0.2, 0.25) is 10.0 Å². The Morgan fingerprint density at radius 3 is 2.54 bits per heavy atom. The highest BCUT2D eigenvalue weighted by Gasteiger charge is 2.32. The molecule has 0 aliphatic carbocycles. The number of nitrogens with one attached hydrogen (secondary N) is 1. The molecule has 28 heavy (non-hydrogen) atoms. The second-order valence-corrected chi connectivity index (χ2v) is 7.94. The lowest BCUT2D eigenvalue weighted by molar-refractivity contribution is -0.274. The van der Waals surface area contributed by atoms with Crippen LogP contribution in [-0.2, 0) is 10.0 Å². The van der Waals surface area contributed by atoms with Crippen LogP contribution in [0.1, 0.15) is 23.2 Å². The van der Waals surface area contributed by atoms with Gasteiger partial charge in [0.05, 0.1) is 16.7 Å². The molecule has 11 heteroatoms. The van der Waals surface area contributed by atoms with E-state index in [2.05, 4.69) is 9.46 Å². The molecule has 7 nitrogen and oxygen atoms in total. The second kappa shape index (κ2) is 7.84. The number of ether oxygens (including phenoxy) is 1. The number of piperidine rings is 1. The fraction of sp³-hybridized carbons (Fsp3) is 0.353. The van der Waals surface area contributed by atoms with Gasteiger partial charge in [-0.3, -0.25) is 4.79 Å². The number of furan rings is 1. The first-order valence-electron chi connectivity index (χ1n) is 8.34. The van der Waals surface area contributed by atoms with Crippen LogP contribution in [0.4, 0.5) is 13.2 Å². The first kappa shape index (κ1) is 20.2. The smallest absolute Gasteiger partial charge is 0.472 e. The largest absolute Gasteiger partial charge is 0.573 e. The van der Waals surface area contributed by atoms with Gasteiger partial charge in [-0.1, -0.05) is 6.07 Å². The van der Waals surface area contributed by atoms with Crippen molar-refractivity contribution in [1.82, 2.24) is 9.62 Å². The molecule has 0 radical (unpaired) electrons. The molecule has 152 valence electrons. The van der Waals surface area contributed by atoms with E-state index in [9.17, 15) is 26.4 Å². The number of rotatable bonds is 5. The van der Waals surface area contributed by atoms with Crippen molar-refractivity contribution in [2.75, 3.05) is 13.1 Å². The van der Waals surface area contributed by atoms with Crippen molar-refractivity contribution in [3.8, 4) is 5.75 Å². The summed E-state index contributed by atoms with van der Waals surface area (Å²) in [6.45, 7) is 0.683. The van der Waals surface area contributed by atoms with Gasteiger partial charge in [-0.15, -0.1) is 13.2 Å². The highest BCUT2D eigenvalue weighted by atomic mass is 32.2. The van der Waals surface area contributed by atoms with Crippen LogP contribution >= 0.6 is 0 Å². The molecule has 3 rings (SSSR count). The van der Waals surface area contributed by atoms with Gasteiger partial charge in [0, 0.05) is 25.2 Å². The standard InChI is InChI=1S/C17H17F3N2O5S/c18-17(19,20)27-14-2-1-3-15(10-14)28(24,25)21-13-4-7-22(8-5-13)16(23)12-6-9-26-11-12/h1-3,6,9-11,13,21H,4-5,7-8H2. The molecule has 2 aromatic rings. The molecule has 0 unspecified atom stereocenters. The highest BCUT2D eigenvalue weighted by Crippen LogP contribution is 2.25. The zero-order valence-electron chi connectivity index (χ0n) is 14.5. The molecule has 1 aromatic heterocycles. The SMILES string of the molecule is O=C(c1ccoc1)N1CCC(NS(=O)(=O)c2cccc(OC(F)(F)F)c2)CC1. The molecular weight excluding hydrogens is 401 g/mol. The predicted octanol–water partition coefficient (Wildman–Crippen LogP) is 2.76. The van der Waals surface area contributed by atoms with E-state index < -0.39 is 28.2 Å². The lowest BCUT2D eigenvalue weighted by atomic mass is 10.1. The molecule has 1 amide bonds. The van der Waals surface area contributed by atoms with Crippen molar-refractivity contribution in [1.29, 1.82) is 0 Å². The number of benzene rings is 1. The monoisotopic (exact) mass is 418 g/mol. The van der Waals surface area contributed by atoms with Crippen LogP contribution in [0.15, 0.2) is 52.2 Å². The first-order chi connectivity index (χ1) is 13.1. The molecule has 1 N–H and O–H groups in total. The predicted molar refractivity (Wildman–Crippen MR) is 91.1 cm³/mol. The summed E-state index contributed by atoms with van der Waals surface area (Å²) < 4.78 is 73.0. The zero-order valence-corrected chi connectivity index (χ0v) is 15.3. The minimum absolute atomic E-state index is 0.202. The lowest BCUT2D eigenvalue weighted by Gasteiger charge is -2.32. The Morgan fingerprint density at radius 1 is 1.21 bits per heavy atom. The molecular formula is C17H17F3N2O5S. The van der Waals surface area contributed by atoms with Crippen molar-refractivity contribution in [2.24, 2.45) is 0 Å². The first-order valence-corrected chi connectivity index (χ1v) is 9.82. The van der Waals surface area contributed by atoms with E-state index in [1.54, 1.807) is 11.0 Å². The number of carbonyl (C=O) groups is 1. The summed E-state index contributed by atoms with van der Waals surface area (Å²) in [5.74, 6) is -0.817. The summed E-state index contributed by atoms with van der Waals surface area (Å²) >= 11 is 0. The Bertz CT molecular complexity index is 921. The molecule has 0 spiro atoms. The summed E-state index contributed by atoms with van der Waals surface area (Å²) in [5, 5.41) is 0. The Balaban J connectivity index is 1.61. The van der Waals surface area contributed by atoms with Crippen LogP contribution in [0.3, 0.4) is 0 Å². The van der Waals surface area contributed by atoms with Crippen molar-refractivity contribution >= 4 is 15.9 Å². The van der Waals surface area contributed by atoms with E-state index in [1.807, 2.05) is 0 Å². The fourth-order valence-corrected chi connectivity index (χ4v) is 4.23. The van der Waals surface area contributed by atoms with Gasteiger partial charge < -0.3 is 14.1 Å². The quantitative estimate of drug-likeness (QED) is 0.807. The summed E-state index contributed by atoms with van der Waals surface area (Å²) in [5.41, 5.74) is 0.417. The van der Waals surface area contributed by atoms with Gasteiger partial charge in [-0.25, -0.2) is 13.1 Å². The summed E-state index contributed by atoms with van der Waals surface area (Å²) in [6, 6.07) is 5.29. The molecule has 0 saturated carbocycles. The van der Waals surface area contributed by atoms with E-state index in [0.29, 0.717) is 31.5 Å². The number of carbonyl (C=O) groups excluding carboxylic acids is 1. The molecule has 2 heterocycles. The topological polar surface area (TPSA) is 88.9 Å². The van der Waals surface area contributed by atoms with Gasteiger partial charge in [-0.2, -0.15) is 0 Å². The van der Waals surface area contributed by atoms with Crippen LogP contribution < -0.4 is 9.46 Å². The van der Waals surface area contributed by atoms with Gasteiger partial charge in [0.25, 0.3) is 5.91 Å². The molecule has 1 fully saturated rings. The minimum atomic E-state index is -4.91. The number of likely N-dealkylation sites (tertiary alicyclic amines) is 1. The maximum Gasteiger partial charge on any atom is 0.573 e. The summed E-state index contributed by atoms with van der Waals surface area (Å²) in [6.07, 6.45) is -1.43.